The topological polar surface area (TPSA) is 86.2 Å². The molecule has 0 unspecified atom stereocenters. The predicted molar refractivity (Wildman–Crippen MR) is 111 cm³/mol. The van der Waals surface area contributed by atoms with Crippen molar-refractivity contribution < 1.29 is 9.84 Å². The van der Waals surface area contributed by atoms with E-state index < -0.39 is 0 Å². The van der Waals surface area contributed by atoms with E-state index in [-0.39, 0.29) is 5.88 Å². The number of nitrogens with two attached hydrogens (primary N) is 1. The number of hydrogen-bond donors (Lipinski definition) is 2. The molecular formula is C22H22N4O2. The van der Waals surface area contributed by atoms with E-state index in [0.717, 1.165) is 40.4 Å². The van der Waals surface area contributed by atoms with Crippen LogP contribution in [0.3, 0.4) is 0 Å². The van der Waals surface area contributed by atoms with E-state index in [1.165, 1.54) is 12.8 Å². The molecule has 0 saturated heterocycles. The van der Waals surface area contributed by atoms with Crippen LogP contribution in [0.4, 0.5) is 5.69 Å². The standard InChI is InChI=1S/C22H22N4O2/c1-28-18-10-9-13(11-24-18)15-7-4-8-16-20(23)19-17(25-21(15)16)12-26(22(19)27)14-5-2-3-6-14/h4,7-12,14,27H,2-3,5-6,23H2,1H3. The molecule has 1 aliphatic rings. The van der Waals surface area contributed by atoms with Gasteiger partial charge in [-0.1, -0.05) is 31.0 Å². The molecule has 142 valence electrons. The van der Waals surface area contributed by atoms with Gasteiger partial charge in [0, 0.05) is 41.0 Å². The second kappa shape index (κ2) is 6.41. The summed E-state index contributed by atoms with van der Waals surface area (Å²) in [5, 5.41) is 12.3. The molecule has 4 aromatic rings. The number of fused-ring (bicyclic) bond motifs is 2. The van der Waals surface area contributed by atoms with Gasteiger partial charge >= 0.3 is 0 Å². The van der Waals surface area contributed by atoms with Gasteiger partial charge < -0.3 is 20.1 Å². The lowest BCUT2D eigenvalue weighted by molar-refractivity contribution is 0.387. The Balaban J connectivity index is 1.74. The van der Waals surface area contributed by atoms with Gasteiger partial charge in [0.05, 0.1) is 29.2 Å². The molecule has 0 radical (unpaired) electrons. The predicted octanol–water partition coefficient (Wildman–Crippen LogP) is 4.66. The Morgan fingerprint density at radius 2 is 2.00 bits per heavy atom. The highest BCUT2D eigenvalue weighted by molar-refractivity contribution is 6.12. The van der Waals surface area contributed by atoms with Crippen molar-refractivity contribution in [1.82, 2.24) is 14.5 Å². The van der Waals surface area contributed by atoms with Crippen molar-refractivity contribution in [2.45, 2.75) is 31.7 Å². The summed E-state index contributed by atoms with van der Waals surface area (Å²) in [6.07, 6.45) is 8.26. The number of benzene rings is 1. The first kappa shape index (κ1) is 16.9. The Kier molecular flexibility index (Phi) is 3.86. The van der Waals surface area contributed by atoms with Crippen LogP contribution in [0.25, 0.3) is 32.9 Å². The fourth-order valence-electron chi connectivity index (χ4n) is 4.33. The molecule has 1 saturated carbocycles. The number of aromatic nitrogens is 3. The van der Waals surface area contributed by atoms with Crippen molar-refractivity contribution in [3.8, 4) is 22.9 Å². The quantitative estimate of drug-likeness (QED) is 0.544. The first-order chi connectivity index (χ1) is 13.7. The van der Waals surface area contributed by atoms with E-state index >= 15 is 0 Å². The van der Waals surface area contributed by atoms with Crippen LogP contribution in [0.2, 0.25) is 0 Å². The number of aromatic hydroxyl groups is 1. The summed E-state index contributed by atoms with van der Waals surface area (Å²) in [4.78, 5) is 9.20. The summed E-state index contributed by atoms with van der Waals surface area (Å²) in [7, 11) is 1.60. The molecule has 0 amide bonds. The van der Waals surface area contributed by atoms with Crippen LogP contribution in [0, 0.1) is 0 Å². The number of anilines is 1. The molecule has 6 nitrogen and oxygen atoms in total. The first-order valence-electron chi connectivity index (χ1n) is 9.59. The maximum absolute atomic E-state index is 10.9. The number of nitrogen functional groups attached to an aromatic ring is 1. The molecule has 3 N–H and O–H groups in total. The third-order valence-corrected chi connectivity index (χ3v) is 5.79. The zero-order valence-electron chi connectivity index (χ0n) is 15.7. The number of nitrogens with zero attached hydrogens (tertiary/aromatic N) is 3. The van der Waals surface area contributed by atoms with Gasteiger partial charge in [-0.15, -0.1) is 0 Å². The average Bonchev–Trinajstić information content (AvgIpc) is 3.36. The molecule has 3 heterocycles. The van der Waals surface area contributed by atoms with E-state index in [1.807, 2.05) is 41.1 Å². The summed E-state index contributed by atoms with van der Waals surface area (Å²) in [5.74, 6) is 0.794. The minimum atomic E-state index is 0.227. The molecule has 1 aliphatic carbocycles. The van der Waals surface area contributed by atoms with Crippen LogP contribution < -0.4 is 10.5 Å². The van der Waals surface area contributed by atoms with E-state index in [0.29, 0.717) is 23.0 Å². The summed E-state index contributed by atoms with van der Waals surface area (Å²) >= 11 is 0. The van der Waals surface area contributed by atoms with Gasteiger partial charge in [-0.25, -0.2) is 9.97 Å². The van der Waals surface area contributed by atoms with Crippen LogP contribution in [0.1, 0.15) is 31.7 Å². The molecule has 0 atom stereocenters. The minimum absolute atomic E-state index is 0.227. The van der Waals surface area contributed by atoms with Gasteiger partial charge in [-0.05, 0) is 18.9 Å². The molecule has 1 fully saturated rings. The maximum atomic E-state index is 10.9. The van der Waals surface area contributed by atoms with Gasteiger partial charge in [-0.3, -0.25) is 0 Å². The lowest BCUT2D eigenvalue weighted by atomic mass is 10.0. The lowest BCUT2D eigenvalue weighted by Gasteiger charge is -2.12. The smallest absolute Gasteiger partial charge is 0.212 e. The second-order valence-electron chi connectivity index (χ2n) is 7.37. The fraction of sp³-hybridized carbons (Fsp3) is 0.273. The molecule has 0 aliphatic heterocycles. The number of para-hydroxylation sites is 1. The van der Waals surface area contributed by atoms with E-state index in [4.69, 9.17) is 15.5 Å². The van der Waals surface area contributed by atoms with Crippen LogP contribution in [0.15, 0.2) is 42.7 Å². The molecule has 3 aromatic heterocycles. The third kappa shape index (κ3) is 2.48. The largest absolute Gasteiger partial charge is 0.494 e. The lowest BCUT2D eigenvalue weighted by Crippen LogP contribution is -2.01. The van der Waals surface area contributed by atoms with Crippen molar-refractivity contribution in [3.63, 3.8) is 0 Å². The number of methoxy groups -OCH3 is 1. The minimum Gasteiger partial charge on any atom is -0.494 e. The van der Waals surface area contributed by atoms with Gasteiger partial charge in [0.2, 0.25) is 11.8 Å². The second-order valence-corrected chi connectivity index (χ2v) is 7.37. The van der Waals surface area contributed by atoms with Crippen molar-refractivity contribution in [2.24, 2.45) is 0 Å². The van der Waals surface area contributed by atoms with Crippen molar-refractivity contribution in [2.75, 3.05) is 12.8 Å². The van der Waals surface area contributed by atoms with Crippen LogP contribution in [-0.2, 0) is 0 Å². The molecule has 6 heteroatoms. The monoisotopic (exact) mass is 374 g/mol. The van der Waals surface area contributed by atoms with E-state index in [9.17, 15) is 5.11 Å². The number of hydrogen-bond acceptors (Lipinski definition) is 5. The summed E-state index contributed by atoms with van der Waals surface area (Å²) in [6, 6.07) is 10.0. The normalized spacial score (nSPS) is 14.9. The highest BCUT2D eigenvalue weighted by atomic mass is 16.5. The van der Waals surface area contributed by atoms with Gasteiger partial charge in [0.15, 0.2) is 0 Å². The Morgan fingerprint density at radius 1 is 1.18 bits per heavy atom. The Hall–Kier alpha value is -3.28. The first-order valence-corrected chi connectivity index (χ1v) is 9.59. The Labute approximate surface area is 162 Å². The molecule has 28 heavy (non-hydrogen) atoms. The number of pyridine rings is 2. The maximum Gasteiger partial charge on any atom is 0.212 e. The highest BCUT2D eigenvalue weighted by Crippen LogP contribution is 2.42. The molecule has 1 aromatic carbocycles. The zero-order valence-corrected chi connectivity index (χ0v) is 15.7. The van der Waals surface area contributed by atoms with Gasteiger partial charge in [0.25, 0.3) is 0 Å². The zero-order chi connectivity index (χ0) is 19.3. The molecular weight excluding hydrogens is 352 g/mol. The average molecular weight is 374 g/mol. The number of rotatable bonds is 3. The Bertz CT molecular complexity index is 1180. The van der Waals surface area contributed by atoms with Gasteiger partial charge in [-0.2, -0.15) is 0 Å². The summed E-state index contributed by atoms with van der Waals surface area (Å²) in [5.41, 5.74) is 10.5. The van der Waals surface area contributed by atoms with E-state index in [1.54, 1.807) is 13.3 Å². The summed E-state index contributed by atoms with van der Waals surface area (Å²) in [6.45, 7) is 0. The van der Waals surface area contributed by atoms with Crippen molar-refractivity contribution in [1.29, 1.82) is 0 Å². The molecule has 0 bridgehead atoms. The SMILES string of the molecule is COc1ccc(-c2cccc3c(N)c4c(O)n(C5CCCC5)cc4nc23)cn1. The molecule has 0 spiro atoms. The summed E-state index contributed by atoms with van der Waals surface area (Å²) < 4.78 is 7.11. The number of ether oxygens (including phenoxy) is 1. The van der Waals surface area contributed by atoms with Crippen LogP contribution >= 0.6 is 0 Å². The van der Waals surface area contributed by atoms with Crippen molar-refractivity contribution in [3.05, 3.63) is 42.7 Å². The van der Waals surface area contributed by atoms with Gasteiger partial charge in [0.1, 0.15) is 0 Å². The Morgan fingerprint density at radius 3 is 2.71 bits per heavy atom. The van der Waals surface area contributed by atoms with Crippen LogP contribution in [-0.4, -0.2) is 26.8 Å². The fourth-order valence-corrected chi connectivity index (χ4v) is 4.33. The highest BCUT2D eigenvalue weighted by Gasteiger charge is 2.23. The van der Waals surface area contributed by atoms with Crippen molar-refractivity contribution >= 4 is 27.5 Å². The molecule has 5 rings (SSSR count). The third-order valence-electron chi connectivity index (χ3n) is 5.79. The van der Waals surface area contributed by atoms with Crippen LogP contribution in [0.5, 0.6) is 11.8 Å². The van der Waals surface area contributed by atoms with E-state index in [2.05, 4.69) is 4.98 Å².